The maximum Gasteiger partial charge on any atom is 0.255 e. The number of halogens is 6. The predicted molar refractivity (Wildman–Crippen MR) is 88.6 cm³/mol. The Labute approximate surface area is 155 Å². The summed E-state index contributed by atoms with van der Waals surface area (Å²) in [6.07, 6.45) is 0. The zero-order valence-electron chi connectivity index (χ0n) is 13.1. The lowest BCUT2D eigenvalue weighted by Gasteiger charge is -2.36. The van der Waals surface area contributed by atoms with E-state index in [1.807, 2.05) is 0 Å². The minimum Gasteiger partial charge on any atom is -0.363 e. The highest BCUT2D eigenvalue weighted by atomic mass is 35.5. The molecule has 1 aliphatic heterocycles. The summed E-state index contributed by atoms with van der Waals surface area (Å²) in [7, 11) is 0. The Morgan fingerprint density at radius 1 is 0.962 bits per heavy atom. The number of anilines is 1. The molecule has 2 heterocycles. The van der Waals surface area contributed by atoms with Crippen LogP contribution in [0.15, 0.2) is 18.2 Å². The molecule has 0 saturated carbocycles. The number of benzene rings is 1. The second kappa shape index (κ2) is 7.28. The first-order valence-corrected chi connectivity index (χ1v) is 8.25. The molecule has 2 aromatic rings. The van der Waals surface area contributed by atoms with Crippen molar-refractivity contribution in [2.75, 3.05) is 31.1 Å². The SMILES string of the molecule is O=C(c1cccc(Cl)c1Cl)N1CCN(c2c(F)c(F)nc(F)c2F)CC1. The monoisotopic (exact) mass is 407 g/mol. The van der Waals surface area contributed by atoms with Crippen molar-refractivity contribution in [2.24, 2.45) is 0 Å². The van der Waals surface area contributed by atoms with E-state index < -0.39 is 35.1 Å². The number of hydrogen-bond donors (Lipinski definition) is 0. The number of nitrogens with zero attached hydrogens (tertiary/aromatic N) is 3. The van der Waals surface area contributed by atoms with Gasteiger partial charge in [-0.25, -0.2) is 0 Å². The molecule has 1 saturated heterocycles. The van der Waals surface area contributed by atoms with Crippen LogP contribution >= 0.6 is 23.2 Å². The Hall–Kier alpha value is -2.06. The molecule has 0 bridgehead atoms. The molecule has 0 unspecified atom stereocenters. The van der Waals surface area contributed by atoms with Gasteiger partial charge in [0.25, 0.3) is 17.8 Å². The summed E-state index contributed by atoms with van der Waals surface area (Å²) in [6.45, 7) is 0.0968. The molecule has 0 radical (unpaired) electrons. The summed E-state index contributed by atoms with van der Waals surface area (Å²) in [4.78, 5) is 17.6. The number of piperazine rings is 1. The van der Waals surface area contributed by atoms with Crippen LogP contribution in [0.4, 0.5) is 23.2 Å². The normalized spacial score (nSPS) is 14.7. The summed E-state index contributed by atoms with van der Waals surface area (Å²) in [5.74, 6) is -6.97. The van der Waals surface area contributed by atoms with Crippen LogP contribution in [0.1, 0.15) is 10.4 Å². The van der Waals surface area contributed by atoms with Crippen LogP contribution in [0.2, 0.25) is 10.0 Å². The van der Waals surface area contributed by atoms with Crippen molar-refractivity contribution in [3.05, 3.63) is 57.3 Å². The molecule has 0 spiro atoms. The van der Waals surface area contributed by atoms with Gasteiger partial charge in [0.2, 0.25) is 11.6 Å². The van der Waals surface area contributed by atoms with Gasteiger partial charge in [-0.2, -0.15) is 22.5 Å². The molecule has 26 heavy (non-hydrogen) atoms. The van der Waals surface area contributed by atoms with Crippen LogP contribution in [0.25, 0.3) is 0 Å². The molecule has 3 rings (SSSR count). The second-order valence-corrected chi connectivity index (χ2v) is 6.34. The van der Waals surface area contributed by atoms with Crippen LogP contribution in [-0.2, 0) is 0 Å². The van der Waals surface area contributed by atoms with E-state index in [1.54, 1.807) is 6.07 Å². The van der Waals surface area contributed by atoms with E-state index in [0.717, 1.165) is 4.90 Å². The predicted octanol–water partition coefficient (Wildman–Crippen LogP) is 3.91. The molecular formula is C16H11Cl2F4N3O. The lowest BCUT2D eigenvalue weighted by atomic mass is 10.1. The van der Waals surface area contributed by atoms with Crippen molar-refractivity contribution in [3.63, 3.8) is 0 Å². The molecule has 1 fully saturated rings. The topological polar surface area (TPSA) is 36.4 Å². The lowest BCUT2D eigenvalue weighted by Crippen LogP contribution is -2.49. The summed E-state index contributed by atoms with van der Waals surface area (Å²) in [6, 6.07) is 4.62. The zero-order chi connectivity index (χ0) is 19.0. The fraction of sp³-hybridized carbons (Fsp3) is 0.250. The Balaban J connectivity index is 1.78. The number of hydrogen-bond acceptors (Lipinski definition) is 3. The Bertz CT molecular complexity index is 847. The maximum absolute atomic E-state index is 13.8. The van der Waals surface area contributed by atoms with Gasteiger partial charge in [-0.05, 0) is 12.1 Å². The lowest BCUT2D eigenvalue weighted by molar-refractivity contribution is 0.0746. The van der Waals surface area contributed by atoms with E-state index in [9.17, 15) is 22.4 Å². The fourth-order valence-corrected chi connectivity index (χ4v) is 3.11. The third kappa shape index (κ3) is 3.31. The first-order chi connectivity index (χ1) is 12.3. The molecule has 1 aromatic carbocycles. The highest BCUT2D eigenvalue weighted by Gasteiger charge is 2.30. The number of carbonyl (C=O) groups excluding carboxylic acids is 1. The van der Waals surface area contributed by atoms with Gasteiger partial charge in [0.15, 0.2) is 0 Å². The molecule has 0 atom stereocenters. The van der Waals surface area contributed by atoms with Gasteiger partial charge in [-0.1, -0.05) is 29.3 Å². The van der Waals surface area contributed by atoms with Crippen LogP contribution in [0, 0.1) is 23.5 Å². The van der Waals surface area contributed by atoms with E-state index in [2.05, 4.69) is 4.98 Å². The average molecular weight is 408 g/mol. The Morgan fingerprint density at radius 3 is 2.12 bits per heavy atom. The van der Waals surface area contributed by atoms with Gasteiger partial charge in [-0.15, -0.1) is 0 Å². The van der Waals surface area contributed by atoms with Gasteiger partial charge in [0.1, 0.15) is 5.69 Å². The number of amides is 1. The third-order valence-electron chi connectivity index (χ3n) is 4.04. The van der Waals surface area contributed by atoms with Crippen LogP contribution < -0.4 is 4.90 Å². The van der Waals surface area contributed by atoms with Crippen molar-refractivity contribution in [3.8, 4) is 0 Å². The standard InChI is InChI=1S/C16H11Cl2F4N3O/c17-9-3-1-2-8(10(9)18)16(26)25-6-4-24(5-7-25)13-11(19)14(21)23-15(22)12(13)20/h1-3H,4-7H2. The molecule has 1 aromatic heterocycles. The van der Waals surface area contributed by atoms with Crippen molar-refractivity contribution in [1.29, 1.82) is 0 Å². The van der Waals surface area contributed by atoms with Crippen LogP contribution in [0.3, 0.4) is 0 Å². The quantitative estimate of drug-likeness (QED) is 0.559. The molecule has 4 nitrogen and oxygen atoms in total. The first kappa shape index (κ1) is 18.7. The summed E-state index contributed by atoms with van der Waals surface area (Å²) >= 11 is 11.9. The fourth-order valence-electron chi connectivity index (χ4n) is 2.73. The summed E-state index contributed by atoms with van der Waals surface area (Å²) in [5, 5.41) is 0.333. The highest BCUT2D eigenvalue weighted by Crippen LogP contribution is 2.29. The van der Waals surface area contributed by atoms with E-state index >= 15 is 0 Å². The van der Waals surface area contributed by atoms with Crippen molar-refractivity contribution < 1.29 is 22.4 Å². The Morgan fingerprint density at radius 2 is 1.54 bits per heavy atom. The Kier molecular flexibility index (Phi) is 5.24. The third-order valence-corrected chi connectivity index (χ3v) is 4.86. The molecule has 0 aliphatic carbocycles. The zero-order valence-corrected chi connectivity index (χ0v) is 14.6. The number of aromatic nitrogens is 1. The molecular weight excluding hydrogens is 397 g/mol. The molecule has 10 heteroatoms. The molecule has 138 valence electrons. The van der Waals surface area contributed by atoms with Gasteiger partial charge in [0, 0.05) is 26.2 Å². The van der Waals surface area contributed by atoms with Gasteiger partial charge < -0.3 is 9.80 Å². The minimum absolute atomic E-state index is 0.0271. The van der Waals surface area contributed by atoms with Crippen molar-refractivity contribution in [2.45, 2.75) is 0 Å². The van der Waals surface area contributed by atoms with Crippen molar-refractivity contribution in [1.82, 2.24) is 9.88 Å². The van der Waals surface area contributed by atoms with Crippen LogP contribution in [0.5, 0.6) is 0 Å². The van der Waals surface area contributed by atoms with Gasteiger partial charge >= 0.3 is 0 Å². The highest BCUT2D eigenvalue weighted by molar-refractivity contribution is 6.43. The number of carbonyl (C=O) groups is 1. The van der Waals surface area contributed by atoms with Gasteiger partial charge in [0.05, 0.1) is 15.6 Å². The summed E-state index contributed by atoms with van der Waals surface area (Å²) in [5.41, 5.74) is -0.631. The minimum atomic E-state index is -1.72. The molecule has 1 amide bonds. The second-order valence-electron chi connectivity index (χ2n) is 5.55. The molecule has 0 N–H and O–H groups in total. The number of rotatable bonds is 2. The van der Waals surface area contributed by atoms with E-state index in [-0.39, 0.29) is 41.8 Å². The summed E-state index contributed by atoms with van der Waals surface area (Å²) < 4.78 is 54.2. The maximum atomic E-state index is 13.8. The van der Waals surface area contributed by atoms with Crippen molar-refractivity contribution >= 4 is 34.8 Å². The van der Waals surface area contributed by atoms with E-state index in [1.165, 1.54) is 17.0 Å². The smallest absolute Gasteiger partial charge is 0.255 e. The van der Waals surface area contributed by atoms with E-state index in [0.29, 0.717) is 0 Å². The average Bonchev–Trinajstić information content (AvgIpc) is 2.62. The number of pyridine rings is 1. The van der Waals surface area contributed by atoms with Gasteiger partial charge in [-0.3, -0.25) is 4.79 Å². The first-order valence-electron chi connectivity index (χ1n) is 7.49. The molecule has 1 aliphatic rings. The van der Waals surface area contributed by atoms with E-state index in [4.69, 9.17) is 23.2 Å². The van der Waals surface area contributed by atoms with Crippen LogP contribution in [-0.4, -0.2) is 42.0 Å². The largest absolute Gasteiger partial charge is 0.363 e.